The minimum atomic E-state index is -1.43. The van der Waals surface area contributed by atoms with Crippen molar-refractivity contribution in [2.75, 3.05) is 7.11 Å². The van der Waals surface area contributed by atoms with Crippen molar-refractivity contribution >= 4 is 5.91 Å². The molecule has 0 bridgehead atoms. The highest BCUT2D eigenvalue weighted by atomic mass is 16.5. The van der Waals surface area contributed by atoms with Gasteiger partial charge in [-0.3, -0.25) is 4.79 Å². The van der Waals surface area contributed by atoms with E-state index in [4.69, 9.17) is 4.74 Å². The Morgan fingerprint density at radius 2 is 1.78 bits per heavy atom. The molecule has 2 aromatic rings. The van der Waals surface area contributed by atoms with E-state index in [9.17, 15) is 25.2 Å². The number of aliphatic hydroxyl groups is 1. The Balaban J connectivity index is 2.03. The first-order chi connectivity index (χ1) is 10.9. The van der Waals surface area contributed by atoms with Crippen LogP contribution in [-0.2, 0) is 11.3 Å². The first kappa shape index (κ1) is 16.4. The van der Waals surface area contributed by atoms with Gasteiger partial charge in [0.2, 0.25) is 0 Å². The summed E-state index contributed by atoms with van der Waals surface area (Å²) in [5.41, 5.74) is 0.829. The van der Waals surface area contributed by atoms with Crippen LogP contribution in [0.3, 0.4) is 0 Å². The van der Waals surface area contributed by atoms with Crippen molar-refractivity contribution in [2.45, 2.75) is 12.6 Å². The highest BCUT2D eigenvalue weighted by Gasteiger charge is 2.18. The molecule has 0 aliphatic carbocycles. The van der Waals surface area contributed by atoms with E-state index in [1.807, 2.05) is 0 Å². The number of carbonyl (C=O) groups is 1. The van der Waals surface area contributed by atoms with Gasteiger partial charge in [-0.25, -0.2) is 0 Å². The van der Waals surface area contributed by atoms with Crippen molar-refractivity contribution in [3.63, 3.8) is 0 Å². The van der Waals surface area contributed by atoms with Gasteiger partial charge in [-0.1, -0.05) is 12.1 Å². The molecule has 1 amide bonds. The largest absolute Gasteiger partial charge is 0.504 e. The minimum Gasteiger partial charge on any atom is -0.504 e. The standard InChI is InChI=1S/C16H17NO6/c1-23-14-7-10(3-5-12(14)19)15(21)16(22)17-8-9-2-4-11(18)13(20)6-9/h2-7,15,18-21H,8H2,1H3,(H,17,22). The molecule has 23 heavy (non-hydrogen) atoms. The molecule has 0 aliphatic rings. The molecule has 0 aromatic heterocycles. The maximum absolute atomic E-state index is 12.0. The number of phenols is 3. The van der Waals surface area contributed by atoms with Gasteiger partial charge >= 0.3 is 0 Å². The maximum atomic E-state index is 12.0. The summed E-state index contributed by atoms with van der Waals surface area (Å²) in [6.07, 6.45) is -1.43. The van der Waals surface area contributed by atoms with Gasteiger partial charge in [0.05, 0.1) is 7.11 Å². The molecule has 7 nitrogen and oxygen atoms in total. The van der Waals surface area contributed by atoms with Crippen molar-refractivity contribution in [1.82, 2.24) is 5.32 Å². The van der Waals surface area contributed by atoms with Crippen LogP contribution >= 0.6 is 0 Å². The highest BCUT2D eigenvalue weighted by molar-refractivity contribution is 5.82. The summed E-state index contributed by atoms with van der Waals surface area (Å²) in [7, 11) is 1.36. The number of rotatable bonds is 5. The van der Waals surface area contributed by atoms with Gasteiger partial charge in [0.25, 0.3) is 5.91 Å². The number of hydrogen-bond donors (Lipinski definition) is 5. The molecule has 7 heteroatoms. The molecule has 0 aliphatic heterocycles. The van der Waals surface area contributed by atoms with Gasteiger partial charge in [0, 0.05) is 6.54 Å². The number of aliphatic hydroxyl groups excluding tert-OH is 1. The number of amides is 1. The van der Waals surface area contributed by atoms with Crippen molar-refractivity contribution in [3.8, 4) is 23.0 Å². The molecule has 0 heterocycles. The number of benzene rings is 2. The van der Waals surface area contributed by atoms with E-state index in [2.05, 4.69) is 5.32 Å². The van der Waals surface area contributed by atoms with Gasteiger partial charge in [0.1, 0.15) is 0 Å². The van der Waals surface area contributed by atoms with Crippen LogP contribution in [0.1, 0.15) is 17.2 Å². The molecule has 1 atom stereocenters. The molecule has 2 rings (SSSR count). The molecule has 1 unspecified atom stereocenters. The summed E-state index contributed by atoms with van der Waals surface area (Å²) >= 11 is 0. The van der Waals surface area contributed by atoms with E-state index in [0.29, 0.717) is 5.56 Å². The quantitative estimate of drug-likeness (QED) is 0.528. The van der Waals surface area contributed by atoms with Gasteiger partial charge in [-0.2, -0.15) is 0 Å². The molecule has 0 saturated carbocycles. The van der Waals surface area contributed by atoms with Crippen LogP contribution in [-0.4, -0.2) is 33.4 Å². The summed E-state index contributed by atoms with van der Waals surface area (Å²) in [4.78, 5) is 12.0. The van der Waals surface area contributed by atoms with Gasteiger partial charge in [-0.15, -0.1) is 0 Å². The average Bonchev–Trinajstić information content (AvgIpc) is 2.55. The van der Waals surface area contributed by atoms with Crippen molar-refractivity contribution in [3.05, 3.63) is 47.5 Å². The smallest absolute Gasteiger partial charge is 0.253 e. The van der Waals surface area contributed by atoms with E-state index in [1.54, 1.807) is 0 Å². The summed E-state index contributed by atoms with van der Waals surface area (Å²) in [5, 5.41) is 40.7. The number of aromatic hydroxyl groups is 3. The summed E-state index contributed by atoms with van der Waals surface area (Å²) < 4.78 is 4.92. The van der Waals surface area contributed by atoms with E-state index in [1.165, 1.54) is 43.5 Å². The van der Waals surface area contributed by atoms with E-state index >= 15 is 0 Å². The number of phenolic OH excluding ortho intramolecular Hbond substituents is 3. The van der Waals surface area contributed by atoms with E-state index in [-0.39, 0.29) is 35.1 Å². The van der Waals surface area contributed by atoms with Crippen LogP contribution in [0.4, 0.5) is 0 Å². The number of hydrogen-bond acceptors (Lipinski definition) is 6. The number of methoxy groups -OCH3 is 1. The Hall–Kier alpha value is -2.93. The summed E-state index contributed by atoms with van der Waals surface area (Å²) in [6.45, 7) is 0.0684. The lowest BCUT2D eigenvalue weighted by Gasteiger charge is -2.13. The summed E-state index contributed by atoms with van der Waals surface area (Å²) in [6, 6.07) is 8.25. The SMILES string of the molecule is COc1cc(C(O)C(=O)NCc2ccc(O)c(O)c2)ccc1O. The predicted molar refractivity (Wildman–Crippen MR) is 81.2 cm³/mol. The first-order valence-corrected chi connectivity index (χ1v) is 6.76. The van der Waals surface area contributed by atoms with Crippen molar-refractivity contribution < 1.29 is 30.0 Å². The second-order valence-electron chi connectivity index (χ2n) is 4.87. The third kappa shape index (κ3) is 3.83. The fraction of sp³-hybridized carbons (Fsp3) is 0.188. The Labute approximate surface area is 132 Å². The third-order valence-corrected chi connectivity index (χ3v) is 3.27. The van der Waals surface area contributed by atoms with E-state index < -0.39 is 12.0 Å². The lowest BCUT2D eigenvalue weighted by atomic mass is 10.1. The Bertz CT molecular complexity index is 716. The normalized spacial score (nSPS) is 11.7. The number of ether oxygens (including phenoxy) is 1. The van der Waals surface area contributed by atoms with Crippen molar-refractivity contribution in [1.29, 1.82) is 0 Å². The number of carbonyl (C=O) groups excluding carboxylic acids is 1. The van der Waals surface area contributed by atoms with Crippen molar-refractivity contribution in [2.24, 2.45) is 0 Å². The molecule has 0 saturated heterocycles. The Morgan fingerprint density at radius 1 is 1.09 bits per heavy atom. The monoisotopic (exact) mass is 319 g/mol. The lowest BCUT2D eigenvalue weighted by Crippen LogP contribution is -2.28. The second kappa shape index (κ2) is 6.89. The van der Waals surface area contributed by atoms with E-state index in [0.717, 1.165) is 0 Å². The Kier molecular flexibility index (Phi) is 4.92. The molecule has 2 aromatic carbocycles. The van der Waals surface area contributed by atoms with Crippen LogP contribution in [0.2, 0.25) is 0 Å². The molecule has 0 fully saturated rings. The Morgan fingerprint density at radius 3 is 2.43 bits per heavy atom. The second-order valence-corrected chi connectivity index (χ2v) is 4.87. The molecule has 122 valence electrons. The molecule has 0 radical (unpaired) electrons. The maximum Gasteiger partial charge on any atom is 0.253 e. The molecule has 5 N–H and O–H groups in total. The topological polar surface area (TPSA) is 119 Å². The van der Waals surface area contributed by atoms with Crippen LogP contribution < -0.4 is 10.1 Å². The van der Waals surface area contributed by atoms with Crippen LogP contribution in [0.25, 0.3) is 0 Å². The molecule has 0 spiro atoms. The van der Waals surface area contributed by atoms with Crippen LogP contribution in [0.5, 0.6) is 23.0 Å². The predicted octanol–water partition coefficient (Wildman–Crippen LogP) is 1.16. The van der Waals surface area contributed by atoms with Gasteiger partial charge < -0.3 is 30.5 Å². The lowest BCUT2D eigenvalue weighted by molar-refractivity contribution is -0.129. The average molecular weight is 319 g/mol. The fourth-order valence-corrected chi connectivity index (χ4v) is 1.98. The van der Waals surface area contributed by atoms with Crippen LogP contribution in [0.15, 0.2) is 36.4 Å². The zero-order valence-electron chi connectivity index (χ0n) is 12.4. The van der Waals surface area contributed by atoms with Crippen LogP contribution in [0, 0.1) is 0 Å². The highest BCUT2D eigenvalue weighted by Crippen LogP contribution is 2.29. The fourth-order valence-electron chi connectivity index (χ4n) is 1.98. The number of nitrogens with one attached hydrogen (secondary N) is 1. The summed E-state index contributed by atoms with van der Waals surface area (Å²) in [5.74, 6) is -1.14. The zero-order chi connectivity index (χ0) is 17.0. The van der Waals surface area contributed by atoms with Gasteiger partial charge in [0.15, 0.2) is 29.1 Å². The molecular weight excluding hydrogens is 302 g/mol. The zero-order valence-corrected chi connectivity index (χ0v) is 12.4. The minimum absolute atomic E-state index is 0.0684. The third-order valence-electron chi connectivity index (χ3n) is 3.27. The first-order valence-electron chi connectivity index (χ1n) is 6.76. The molecular formula is C16H17NO6. The van der Waals surface area contributed by atoms with Gasteiger partial charge in [-0.05, 0) is 35.4 Å².